The van der Waals surface area contributed by atoms with E-state index in [2.05, 4.69) is 0 Å². The predicted octanol–water partition coefficient (Wildman–Crippen LogP) is 3.70. The fraction of sp³-hybridized carbons (Fsp3) is 0.207. The summed E-state index contributed by atoms with van der Waals surface area (Å²) in [6, 6.07) is 16.6. The van der Waals surface area contributed by atoms with Crippen LogP contribution < -0.4 is 4.90 Å². The van der Waals surface area contributed by atoms with Crippen molar-refractivity contribution < 1.29 is 37.8 Å². The van der Waals surface area contributed by atoms with Gasteiger partial charge in [0.05, 0.1) is 24.1 Å². The molecule has 2 fully saturated rings. The molecule has 0 amide bonds. The summed E-state index contributed by atoms with van der Waals surface area (Å²) < 4.78 is 23.9. The first-order valence-corrected chi connectivity index (χ1v) is 12.1. The van der Waals surface area contributed by atoms with Crippen molar-refractivity contribution in [2.75, 3.05) is 11.5 Å². The van der Waals surface area contributed by atoms with Gasteiger partial charge in [-0.25, -0.2) is 9.18 Å². The second kappa shape index (κ2) is 8.44. The molecule has 0 bridgehead atoms. The van der Waals surface area contributed by atoms with E-state index in [0.29, 0.717) is 11.3 Å². The zero-order valence-corrected chi connectivity index (χ0v) is 20.1. The molecule has 0 aromatic heterocycles. The zero-order chi connectivity index (χ0) is 26.8. The molecule has 3 aromatic carbocycles. The maximum Gasteiger partial charge on any atom is 0.338 e. The topological polar surface area (TPSA) is 107 Å². The summed E-state index contributed by atoms with van der Waals surface area (Å²) in [6.45, 7) is 1.86. The Hall–Kier alpha value is -4.66. The van der Waals surface area contributed by atoms with E-state index in [0.717, 1.165) is 0 Å². The Morgan fingerprint density at radius 2 is 1.50 bits per heavy atom. The standard InChI is InChI=1S/C29H20FNO7/c1-2-37-26(34)16-9-13-18(14-10-16)31-23(15-7-11-17(30)12-8-15)21-22(28(36)38-27(21)35)29(31)24(32)19-5-3-4-6-20(19)25(29)33/h3-14,21-23H,2H2,1H3/t21-,22-,23+/m0/s1. The van der Waals surface area contributed by atoms with Gasteiger partial charge < -0.3 is 14.4 Å². The Morgan fingerprint density at radius 3 is 2.08 bits per heavy atom. The van der Waals surface area contributed by atoms with Crippen molar-refractivity contribution in [3.63, 3.8) is 0 Å². The average molecular weight is 513 g/mol. The monoisotopic (exact) mass is 513 g/mol. The van der Waals surface area contributed by atoms with Crippen LogP contribution in [0.2, 0.25) is 0 Å². The highest BCUT2D eigenvalue weighted by atomic mass is 19.1. The first-order chi connectivity index (χ1) is 18.3. The third-order valence-corrected chi connectivity index (χ3v) is 7.51. The fourth-order valence-corrected chi connectivity index (χ4v) is 6.03. The van der Waals surface area contributed by atoms with E-state index >= 15 is 0 Å². The summed E-state index contributed by atoms with van der Waals surface area (Å²) in [4.78, 5) is 68.4. The molecule has 0 N–H and O–H groups in total. The van der Waals surface area contributed by atoms with Gasteiger partial charge >= 0.3 is 17.9 Å². The molecule has 2 aliphatic heterocycles. The Balaban J connectivity index is 1.61. The number of rotatable bonds is 4. The molecule has 8 nitrogen and oxygen atoms in total. The summed E-state index contributed by atoms with van der Waals surface area (Å²) >= 11 is 0. The zero-order valence-electron chi connectivity index (χ0n) is 20.1. The maximum absolute atomic E-state index is 14.2. The van der Waals surface area contributed by atoms with Crippen LogP contribution in [0.3, 0.4) is 0 Å². The number of hydrogen-bond acceptors (Lipinski definition) is 8. The van der Waals surface area contributed by atoms with Gasteiger partial charge in [0.15, 0.2) is 17.1 Å². The number of halogens is 1. The lowest BCUT2D eigenvalue weighted by molar-refractivity contribution is -0.154. The Labute approximate surface area is 216 Å². The first kappa shape index (κ1) is 23.7. The Morgan fingerprint density at radius 1 is 0.895 bits per heavy atom. The van der Waals surface area contributed by atoms with Crippen molar-refractivity contribution in [2.24, 2.45) is 11.8 Å². The minimum Gasteiger partial charge on any atom is -0.462 e. The van der Waals surface area contributed by atoms with Gasteiger partial charge in [0, 0.05) is 16.8 Å². The predicted molar refractivity (Wildman–Crippen MR) is 130 cm³/mol. The quantitative estimate of drug-likeness (QED) is 0.384. The summed E-state index contributed by atoms with van der Waals surface area (Å²) in [6.07, 6.45) is 0. The Bertz CT molecular complexity index is 1490. The minimum atomic E-state index is -2.11. The van der Waals surface area contributed by atoms with Crippen molar-refractivity contribution in [1.29, 1.82) is 0 Å². The van der Waals surface area contributed by atoms with Crippen molar-refractivity contribution in [3.05, 3.63) is 101 Å². The molecule has 38 heavy (non-hydrogen) atoms. The van der Waals surface area contributed by atoms with Crippen LogP contribution in [0.15, 0.2) is 72.8 Å². The molecule has 6 rings (SSSR count). The van der Waals surface area contributed by atoms with E-state index in [-0.39, 0.29) is 23.3 Å². The number of nitrogens with zero attached hydrogens (tertiary/aromatic N) is 1. The molecule has 0 unspecified atom stereocenters. The van der Waals surface area contributed by atoms with Crippen LogP contribution >= 0.6 is 0 Å². The highest BCUT2D eigenvalue weighted by molar-refractivity contribution is 6.37. The number of ketones is 2. The van der Waals surface area contributed by atoms with Crippen LogP contribution in [0.1, 0.15) is 49.6 Å². The van der Waals surface area contributed by atoms with Crippen LogP contribution in [0.4, 0.5) is 10.1 Å². The van der Waals surface area contributed by atoms with Crippen molar-refractivity contribution in [1.82, 2.24) is 0 Å². The molecule has 1 aliphatic carbocycles. The summed E-state index contributed by atoms with van der Waals surface area (Å²) in [5.74, 6) is -6.79. The van der Waals surface area contributed by atoms with Gasteiger partial charge in [-0.15, -0.1) is 0 Å². The van der Waals surface area contributed by atoms with Crippen molar-refractivity contribution >= 4 is 35.2 Å². The summed E-state index contributed by atoms with van der Waals surface area (Å²) in [5.41, 5.74) is -0.868. The van der Waals surface area contributed by atoms with E-state index < -0.39 is 58.7 Å². The number of cyclic esters (lactones) is 2. The third-order valence-electron chi connectivity index (χ3n) is 7.51. The number of carbonyl (C=O) groups excluding carboxylic acids is 5. The molecule has 2 saturated heterocycles. The number of benzene rings is 3. The van der Waals surface area contributed by atoms with Crippen molar-refractivity contribution in [3.8, 4) is 0 Å². The third kappa shape index (κ3) is 3.04. The van der Waals surface area contributed by atoms with E-state index in [4.69, 9.17) is 9.47 Å². The smallest absolute Gasteiger partial charge is 0.338 e. The molecule has 3 aromatic rings. The molecule has 9 heteroatoms. The lowest BCUT2D eigenvalue weighted by atomic mass is 9.76. The number of esters is 3. The van der Waals surface area contributed by atoms with E-state index in [1.165, 1.54) is 65.6 Å². The van der Waals surface area contributed by atoms with E-state index in [1.54, 1.807) is 19.1 Å². The van der Waals surface area contributed by atoms with Gasteiger partial charge in [0.1, 0.15) is 11.7 Å². The van der Waals surface area contributed by atoms with Crippen LogP contribution in [0, 0.1) is 17.7 Å². The number of Topliss-reactive ketones (excluding diaryl/α,β-unsaturated/α-hetero) is 2. The normalized spacial score (nSPS) is 23.0. The number of fused-ring (bicyclic) bond motifs is 3. The number of anilines is 1. The van der Waals surface area contributed by atoms with Crippen molar-refractivity contribution in [2.45, 2.75) is 18.5 Å². The van der Waals surface area contributed by atoms with E-state index in [9.17, 15) is 28.4 Å². The van der Waals surface area contributed by atoms with Gasteiger partial charge in [-0.2, -0.15) is 0 Å². The lowest BCUT2D eigenvalue weighted by Crippen LogP contribution is -2.59. The molecule has 0 radical (unpaired) electrons. The maximum atomic E-state index is 14.2. The first-order valence-electron chi connectivity index (χ1n) is 12.1. The number of carbonyl (C=O) groups is 5. The molecule has 3 aliphatic rings. The van der Waals surface area contributed by atoms with Gasteiger partial charge in [-0.3, -0.25) is 19.2 Å². The molecule has 2 heterocycles. The average Bonchev–Trinajstić information content (AvgIpc) is 3.48. The lowest BCUT2D eigenvalue weighted by Gasteiger charge is -2.39. The van der Waals surface area contributed by atoms with Crippen LogP contribution in [-0.2, 0) is 19.1 Å². The fourth-order valence-electron chi connectivity index (χ4n) is 6.03. The second-order valence-corrected chi connectivity index (χ2v) is 9.35. The van der Waals surface area contributed by atoms with Crippen LogP contribution in [-0.4, -0.2) is 41.6 Å². The van der Waals surface area contributed by atoms with Crippen LogP contribution in [0.5, 0.6) is 0 Å². The molecular formula is C29H20FNO7. The Kier molecular flexibility index (Phi) is 5.27. The van der Waals surface area contributed by atoms with Crippen LogP contribution in [0.25, 0.3) is 0 Å². The molecule has 190 valence electrons. The highest BCUT2D eigenvalue weighted by Crippen LogP contribution is 2.59. The minimum absolute atomic E-state index is 0.135. The van der Waals surface area contributed by atoms with Gasteiger partial charge in [-0.05, 0) is 48.9 Å². The summed E-state index contributed by atoms with van der Waals surface area (Å²) in [5, 5.41) is 0. The van der Waals surface area contributed by atoms with Gasteiger partial charge in [0.2, 0.25) is 0 Å². The number of ether oxygens (including phenoxy) is 2. The van der Waals surface area contributed by atoms with Gasteiger partial charge in [0.25, 0.3) is 0 Å². The van der Waals surface area contributed by atoms with E-state index in [1.807, 2.05) is 0 Å². The molecule has 3 atom stereocenters. The number of hydrogen-bond donors (Lipinski definition) is 0. The molecular weight excluding hydrogens is 493 g/mol. The molecule has 0 saturated carbocycles. The summed E-state index contributed by atoms with van der Waals surface area (Å²) in [7, 11) is 0. The highest BCUT2D eigenvalue weighted by Gasteiger charge is 2.76. The second-order valence-electron chi connectivity index (χ2n) is 9.35. The molecule has 1 spiro atoms. The largest absolute Gasteiger partial charge is 0.462 e. The van der Waals surface area contributed by atoms with Gasteiger partial charge in [-0.1, -0.05) is 36.4 Å². The SMILES string of the molecule is CCOC(=O)c1ccc(N2[C@H](c3ccc(F)cc3)[C@H]3C(=O)OC(=O)[C@H]3C23C(=O)c2ccccc2C3=O)cc1.